The van der Waals surface area contributed by atoms with Gasteiger partial charge in [-0.2, -0.15) is 4.99 Å². The quantitative estimate of drug-likeness (QED) is 0.547. The summed E-state index contributed by atoms with van der Waals surface area (Å²) in [7, 11) is 0. The number of hydrogen-bond acceptors (Lipinski definition) is 7. The first-order chi connectivity index (χ1) is 16.4. The zero-order chi connectivity index (χ0) is 23.8. The van der Waals surface area contributed by atoms with Crippen LogP contribution in [-0.4, -0.2) is 35.2 Å². The molecule has 0 aromatic heterocycles. The summed E-state index contributed by atoms with van der Waals surface area (Å²) in [5.74, 6) is 1.80. The summed E-state index contributed by atoms with van der Waals surface area (Å²) >= 11 is 7.93. The van der Waals surface area contributed by atoms with Crippen LogP contribution >= 0.6 is 23.4 Å². The largest absolute Gasteiger partial charge is 0.490 e. The molecule has 0 fully saturated rings. The number of thioether (sulfide) groups is 1. The molecule has 3 aliphatic heterocycles. The summed E-state index contributed by atoms with van der Waals surface area (Å²) in [5.41, 5.74) is 1.65. The minimum absolute atomic E-state index is 0.0663. The van der Waals surface area contributed by atoms with Crippen molar-refractivity contribution in [2.75, 3.05) is 13.4 Å². The second kappa shape index (κ2) is 9.08. The van der Waals surface area contributed by atoms with Crippen molar-refractivity contribution in [2.45, 2.75) is 20.5 Å². The van der Waals surface area contributed by atoms with Crippen LogP contribution in [0.2, 0.25) is 5.02 Å². The maximum absolute atomic E-state index is 12.6. The molecule has 0 spiro atoms. The maximum Gasteiger partial charge on any atom is 0.283 e. The Hall–Kier alpha value is -3.43. The molecule has 1 amide bonds. The number of amides is 1. The van der Waals surface area contributed by atoms with E-state index >= 15 is 0 Å². The van der Waals surface area contributed by atoms with Crippen LogP contribution in [0.4, 0.5) is 0 Å². The Kier molecular flexibility index (Phi) is 5.97. The number of nitrogens with one attached hydrogen (secondary N) is 1. The van der Waals surface area contributed by atoms with Gasteiger partial charge in [-0.3, -0.25) is 15.1 Å². The fourth-order valence-corrected chi connectivity index (χ4v) is 4.72. The number of ether oxygens (including phenoxy) is 4. The van der Waals surface area contributed by atoms with Crippen LogP contribution in [0.15, 0.2) is 52.0 Å². The normalized spacial score (nSPS) is 17.6. The smallest absolute Gasteiger partial charge is 0.283 e. The van der Waals surface area contributed by atoms with E-state index in [0.29, 0.717) is 45.4 Å². The van der Waals surface area contributed by atoms with Gasteiger partial charge in [-0.1, -0.05) is 29.4 Å². The summed E-state index contributed by atoms with van der Waals surface area (Å²) < 4.78 is 22.5. The number of nitrogens with zero attached hydrogens (tertiary/aromatic N) is 2. The summed E-state index contributed by atoms with van der Waals surface area (Å²) in [6.07, 6.45) is 3.38. The Morgan fingerprint density at radius 2 is 2.06 bits per heavy atom. The number of halogens is 1. The highest BCUT2D eigenvalue weighted by molar-refractivity contribution is 8.17. The van der Waals surface area contributed by atoms with Crippen LogP contribution in [0.1, 0.15) is 25.0 Å². The maximum atomic E-state index is 12.6. The Labute approximate surface area is 205 Å². The average Bonchev–Trinajstić information content (AvgIpc) is 3.42. The van der Waals surface area contributed by atoms with Crippen LogP contribution in [0, 0.1) is 5.41 Å². The molecule has 0 atom stereocenters. The first-order valence-corrected chi connectivity index (χ1v) is 11.7. The molecule has 0 bridgehead atoms. The predicted molar refractivity (Wildman–Crippen MR) is 131 cm³/mol. The zero-order valence-electron chi connectivity index (χ0n) is 18.4. The highest BCUT2D eigenvalue weighted by Crippen LogP contribution is 2.39. The first-order valence-electron chi connectivity index (χ1n) is 10.5. The van der Waals surface area contributed by atoms with Gasteiger partial charge in [0.15, 0.2) is 28.2 Å². The number of aliphatic imine (C=N–C) groups is 1. The molecule has 34 heavy (non-hydrogen) atoms. The van der Waals surface area contributed by atoms with E-state index in [2.05, 4.69) is 4.99 Å². The van der Waals surface area contributed by atoms with Gasteiger partial charge in [-0.25, -0.2) is 0 Å². The molecule has 0 radical (unpaired) electrons. The van der Waals surface area contributed by atoms with Crippen LogP contribution in [-0.2, 0) is 11.4 Å². The SMILES string of the molecule is CCOc1cc(/C=C2/C(=N)N3C=C(C)SC3=NC2=O)cc(Cl)c1OCc1ccc2c(c1)OCO2. The van der Waals surface area contributed by atoms with Gasteiger partial charge in [-0.05, 0) is 55.3 Å². The van der Waals surface area contributed by atoms with Gasteiger partial charge in [0, 0.05) is 11.1 Å². The van der Waals surface area contributed by atoms with E-state index in [9.17, 15) is 4.79 Å². The third kappa shape index (κ3) is 4.24. The van der Waals surface area contributed by atoms with E-state index in [1.165, 1.54) is 11.8 Å². The second-order valence-electron chi connectivity index (χ2n) is 7.56. The van der Waals surface area contributed by atoms with Gasteiger partial charge in [0.1, 0.15) is 12.4 Å². The lowest BCUT2D eigenvalue weighted by atomic mass is 10.1. The molecular weight excluding hydrogens is 478 g/mol. The summed E-state index contributed by atoms with van der Waals surface area (Å²) in [6.45, 7) is 4.61. The molecule has 3 aliphatic rings. The van der Waals surface area contributed by atoms with Gasteiger partial charge in [0.25, 0.3) is 5.91 Å². The molecule has 174 valence electrons. The number of amidine groups is 2. The van der Waals surface area contributed by atoms with Crippen molar-refractivity contribution in [3.8, 4) is 23.0 Å². The van der Waals surface area contributed by atoms with E-state index in [0.717, 1.165) is 10.5 Å². The lowest BCUT2D eigenvalue weighted by molar-refractivity contribution is -0.114. The van der Waals surface area contributed by atoms with Crippen molar-refractivity contribution in [3.05, 3.63) is 63.2 Å². The molecule has 2 aromatic rings. The van der Waals surface area contributed by atoms with E-state index in [1.54, 1.807) is 29.3 Å². The molecule has 3 heterocycles. The number of carbonyl (C=O) groups excluding carboxylic acids is 1. The topological polar surface area (TPSA) is 93.4 Å². The number of rotatable bonds is 6. The van der Waals surface area contributed by atoms with Crippen molar-refractivity contribution < 1.29 is 23.7 Å². The van der Waals surface area contributed by atoms with Crippen molar-refractivity contribution in [2.24, 2.45) is 4.99 Å². The van der Waals surface area contributed by atoms with E-state index in [1.807, 2.05) is 32.0 Å². The predicted octanol–water partition coefficient (Wildman–Crippen LogP) is 5.21. The fraction of sp³-hybridized carbons (Fsp3) is 0.208. The lowest BCUT2D eigenvalue weighted by Gasteiger charge is -2.22. The Balaban J connectivity index is 1.42. The molecule has 8 nitrogen and oxygen atoms in total. The number of allylic oxidation sites excluding steroid dienone is 1. The molecule has 1 N–H and O–H groups in total. The van der Waals surface area contributed by atoms with Crippen LogP contribution in [0.25, 0.3) is 6.08 Å². The summed E-state index contributed by atoms with van der Waals surface area (Å²) in [6, 6.07) is 8.99. The van der Waals surface area contributed by atoms with Crippen molar-refractivity contribution in [3.63, 3.8) is 0 Å². The fourth-order valence-electron chi connectivity index (χ4n) is 3.63. The van der Waals surface area contributed by atoms with Gasteiger partial charge in [0.05, 0.1) is 17.2 Å². The van der Waals surface area contributed by atoms with Crippen LogP contribution < -0.4 is 18.9 Å². The summed E-state index contributed by atoms with van der Waals surface area (Å²) in [5, 5.41) is 9.29. The molecule has 0 aliphatic carbocycles. The average molecular weight is 498 g/mol. The van der Waals surface area contributed by atoms with E-state index in [-0.39, 0.29) is 24.8 Å². The van der Waals surface area contributed by atoms with Crippen LogP contribution in [0.3, 0.4) is 0 Å². The molecule has 0 saturated carbocycles. The van der Waals surface area contributed by atoms with Crippen molar-refractivity contribution >= 4 is 46.3 Å². The number of carbonyl (C=O) groups is 1. The monoisotopic (exact) mass is 497 g/mol. The standard InChI is InChI=1S/C24H20ClN3O5S/c1-3-30-20-9-15(6-16-22(26)28-10-13(2)34-24(28)27-23(16)29)7-17(25)21(20)31-11-14-4-5-18-19(8-14)33-12-32-18/h4-10,26H,3,11-12H2,1-2H3/b16-6-,26-22?. The van der Waals surface area contributed by atoms with Crippen molar-refractivity contribution in [1.82, 2.24) is 4.90 Å². The van der Waals surface area contributed by atoms with Gasteiger partial charge >= 0.3 is 0 Å². The molecule has 0 unspecified atom stereocenters. The Morgan fingerprint density at radius 3 is 2.88 bits per heavy atom. The minimum atomic E-state index is -0.468. The molecule has 0 saturated heterocycles. The van der Waals surface area contributed by atoms with E-state index < -0.39 is 5.91 Å². The van der Waals surface area contributed by atoms with Crippen LogP contribution in [0.5, 0.6) is 23.0 Å². The van der Waals surface area contributed by atoms with Crippen molar-refractivity contribution in [1.29, 1.82) is 5.41 Å². The first kappa shape index (κ1) is 22.4. The number of benzene rings is 2. The second-order valence-corrected chi connectivity index (χ2v) is 9.18. The Morgan fingerprint density at radius 1 is 1.24 bits per heavy atom. The molecular formula is C24H20ClN3O5S. The molecule has 2 aromatic carbocycles. The zero-order valence-corrected chi connectivity index (χ0v) is 20.0. The highest BCUT2D eigenvalue weighted by Gasteiger charge is 2.33. The minimum Gasteiger partial charge on any atom is -0.490 e. The summed E-state index contributed by atoms with van der Waals surface area (Å²) in [4.78, 5) is 19.3. The Bertz CT molecular complexity index is 1300. The molecule has 5 rings (SSSR count). The highest BCUT2D eigenvalue weighted by atomic mass is 35.5. The lowest BCUT2D eigenvalue weighted by Crippen LogP contribution is -2.35. The molecule has 10 heteroatoms. The van der Waals surface area contributed by atoms with E-state index in [4.69, 9.17) is 36.0 Å². The number of hydrogen-bond donors (Lipinski definition) is 1. The van der Waals surface area contributed by atoms with Gasteiger partial charge in [-0.15, -0.1) is 0 Å². The third-order valence-corrected chi connectivity index (χ3v) is 6.33. The van der Waals surface area contributed by atoms with Gasteiger partial charge < -0.3 is 18.9 Å². The third-order valence-electron chi connectivity index (χ3n) is 5.16. The van der Waals surface area contributed by atoms with Gasteiger partial charge in [0.2, 0.25) is 6.79 Å². The number of fused-ring (bicyclic) bond motifs is 2.